The molecule has 0 aromatic heterocycles. The standard InChI is InChI=1S/C18H18BrFN2O3S/c19-15-3-7-17(8-4-15)26(24,25)22-11-9-21(10-12-22)13-18(23)14-1-5-16(20)6-2-14/h1-8H,9-13H2/p+1. The molecule has 1 aliphatic heterocycles. The Morgan fingerprint density at radius 3 is 2.19 bits per heavy atom. The van der Waals surface area contributed by atoms with Crippen molar-refractivity contribution < 1.29 is 22.5 Å². The second-order valence-corrected chi connectivity index (χ2v) is 9.07. The average Bonchev–Trinajstić information content (AvgIpc) is 2.63. The Morgan fingerprint density at radius 2 is 1.62 bits per heavy atom. The van der Waals surface area contributed by atoms with Crippen molar-refractivity contribution in [3.63, 3.8) is 0 Å². The first-order valence-electron chi connectivity index (χ1n) is 8.24. The molecular formula is C18H19BrFN2O3S+. The summed E-state index contributed by atoms with van der Waals surface area (Å²) in [4.78, 5) is 13.6. The van der Waals surface area contributed by atoms with E-state index in [0.29, 0.717) is 31.7 Å². The topological polar surface area (TPSA) is 58.9 Å². The SMILES string of the molecule is O=C(C[NH+]1CCN(S(=O)(=O)c2ccc(Br)cc2)CC1)c1ccc(F)cc1. The molecule has 0 aliphatic carbocycles. The van der Waals surface area contributed by atoms with E-state index in [9.17, 15) is 17.6 Å². The summed E-state index contributed by atoms with van der Waals surface area (Å²) in [7, 11) is -3.52. The number of halogens is 2. The molecule has 1 heterocycles. The number of piperazine rings is 1. The maximum Gasteiger partial charge on any atom is 0.243 e. The summed E-state index contributed by atoms with van der Waals surface area (Å²) in [5.41, 5.74) is 0.476. The van der Waals surface area contributed by atoms with Crippen LogP contribution in [0.1, 0.15) is 10.4 Å². The van der Waals surface area contributed by atoms with Crippen LogP contribution in [-0.2, 0) is 10.0 Å². The van der Waals surface area contributed by atoms with Crippen LogP contribution in [0.4, 0.5) is 4.39 Å². The molecule has 1 saturated heterocycles. The summed E-state index contributed by atoms with van der Waals surface area (Å²) in [6.45, 7) is 2.12. The van der Waals surface area contributed by atoms with Crippen molar-refractivity contribution in [2.45, 2.75) is 4.90 Å². The molecule has 138 valence electrons. The van der Waals surface area contributed by atoms with Crippen molar-refractivity contribution in [2.75, 3.05) is 32.7 Å². The fourth-order valence-corrected chi connectivity index (χ4v) is 4.65. The highest BCUT2D eigenvalue weighted by atomic mass is 79.9. The zero-order chi connectivity index (χ0) is 18.7. The number of carbonyl (C=O) groups excluding carboxylic acids is 1. The fraction of sp³-hybridized carbons (Fsp3) is 0.278. The Bertz CT molecular complexity index is 878. The van der Waals surface area contributed by atoms with Gasteiger partial charge in [0.05, 0.1) is 31.1 Å². The predicted molar refractivity (Wildman–Crippen MR) is 99.2 cm³/mol. The molecule has 2 aromatic rings. The first kappa shape index (κ1) is 19.2. The summed E-state index contributed by atoms with van der Waals surface area (Å²) in [6, 6.07) is 12.1. The second kappa shape index (κ2) is 7.96. The number of benzene rings is 2. The molecule has 1 aliphatic rings. The molecule has 0 atom stereocenters. The predicted octanol–water partition coefficient (Wildman–Crippen LogP) is 1.36. The van der Waals surface area contributed by atoms with Crippen molar-refractivity contribution in [1.82, 2.24) is 4.31 Å². The Kier molecular flexibility index (Phi) is 5.86. The summed E-state index contributed by atoms with van der Waals surface area (Å²) in [5.74, 6) is -0.440. The maximum absolute atomic E-state index is 12.9. The first-order valence-corrected chi connectivity index (χ1v) is 10.5. The molecule has 26 heavy (non-hydrogen) atoms. The number of nitrogens with zero attached hydrogens (tertiary/aromatic N) is 1. The minimum atomic E-state index is -3.52. The summed E-state index contributed by atoms with van der Waals surface area (Å²) >= 11 is 3.30. The number of ketones is 1. The Morgan fingerprint density at radius 1 is 1.04 bits per heavy atom. The minimum Gasteiger partial charge on any atom is -0.326 e. The molecule has 1 N–H and O–H groups in total. The van der Waals surface area contributed by atoms with Gasteiger partial charge in [-0.1, -0.05) is 15.9 Å². The lowest BCUT2D eigenvalue weighted by atomic mass is 10.1. The smallest absolute Gasteiger partial charge is 0.243 e. The number of carbonyl (C=O) groups is 1. The van der Waals surface area contributed by atoms with Crippen LogP contribution in [0.25, 0.3) is 0 Å². The number of Topliss-reactive ketones (excluding diaryl/α,β-unsaturated/α-hetero) is 1. The number of nitrogens with one attached hydrogen (secondary N) is 1. The molecular weight excluding hydrogens is 423 g/mol. The third kappa shape index (κ3) is 4.37. The highest BCUT2D eigenvalue weighted by Gasteiger charge is 2.31. The zero-order valence-electron chi connectivity index (χ0n) is 14.0. The fourth-order valence-electron chi connectivity index (χ4n) is 2.94. The van der Waals surface area contributed by atoms with Gasteiger partial charge in [0.2, 0.25) is 15.8 Å². The number of quaternary nitrogens is 1. The summed E-state index contributed by atoms with van der Waals surface area (Å²) in [5, 5.41) is 0. The van der Waals surface area contributed by atoms with Crippen LogP contribution < -0.4 is 4.90 Å². The largest absolute Gasteiger partial charge is 0.326 e. The molecule has 0 amide bonds. The van der Waals surface area contributed by atoms with Crippen LogP contribution in [0.3, 0.4) is 0 Å². The zero-order valence-corrected chi connectivity index (χ0v) is 16.4. The van der Waals surface area contributed by atoms with Gasteiger partial charge in [-0.2, -0.15) is 4.31 Å². The molecule has 0 bridgehead atoms. The van der Waals surface area contributed by atoms with Gasteiger partial charge in [-0.15, -0.1) is 0 Å². The van der Waals surface area contributed by atoms with E-state index < -0.39 is 10.0 Å². The van der Waals surface area contributed by atoms with E-state index in [2.05, 4.69) is 15.9 Å². The first-order chi connectivity index (χ1) is 12.4. The van der Waals surface area contributed by atoms with E-state index in [1.54, 1.807) is 24.3 Å². The van der Waals surface area contributed by atoms with Gasteiger partial charge in [0.1, 0.15) is 12.4 Å². The molecule has 3 rings (SSSR count). The monoisotopic (exact) mass is 441 g/mol. The summed E-state index contributed by atoms with van der Waals surface area (Å²) < 4.78 is 40.6. The van der Waals surface area contributed by atoms with Gasteiger partial charge in [0, 0.05) is 10.0 Å². The van der Waals surface area contributed by atoms with Gasteiger partial charge in [-0.05, 0) is 48.5 Å². The quantitative estimate of drug-likeness (QED) is 0.712. The molecule has 0 saturated carbocycles. The van der Waals surface area contributed by atoms with Gasteiger partial charge >= 0.3 is 0 Å². The number of hydrogen-bond donors (Lipinski definition) is 1. The summed E-state index contributed by atoms with van der Waals surface area (Å²) in [6.07, 6.45) is 0. The van der Waals surface area contributed by atoms with Crippen molar-refractivity contribution in [3.05, 3.63) is 64.4 Å². The third-order valence-electron chi connectivity index (χ3n) is 4.46. The van der Waals surface area contributed by atoms with Gasteiger partial charge in [0.15, 0.2) is 0 Å². The minimum absolute atomic E-state index is 0.0655. The molecule has 0 spiro atoms. The number of sulfonamides is 1. The molecule has 5 nitrogen and oxygen atoms in total. The highest BCUT2D eigenvalue weighted by Crippen LogP contribution is 2.18. The molecule has 8 heteroatoms. The van der Waals surface area contributed by atoms with Crippen LogP contribution >= 0.6 is 15.9 Å². The van der Waals surface area contributed by atoms with E-state index in [0.717, 1.165) is 9.37 Å². The maximum atomic E-state index is 12.9. The van der Waals surface area contributed by atoms with E-state index in [4.69, 9.17) is 0 Å². The molecule has 0 radical (unpaired) electrons. The van der Waals surface area contributed by atoms with Gasteiger partial charge < -0.3 is 4.90 Å². The van der Waals surface area contributed by atoms with Crippen molar-refractivity contribution >= 4 is 31.7 Å². The lowest BCUT2D eigenvalue weighted by molar-refractivity contribution is -0.895. The second-order valence-electron chi connectivity index (χ2n) is 6.21. The van der Waals surface area contributed by atoms with Gasteiger partial charge in [0.25, 0.3) is 0 Å². The van der Waals surface area contributed by atoms with Crippen LogP contribution in [-0.4, -0.2) is 51.2 Å². The Hall–Kier alpha value is -1.61. The van der Waals surface area contributed by atoms with Gasteiger partial charge in [-0.25, -0.2) is 12.8 Å². The number of hydrogen-bond acceptors (Lipinski definition) is 3. The molecule has 2 aromatic carbocycles. The molecule has 0 unspecified atom stereocenters. The van der Waals surface area contributed by atoms with E-state index in [1.807, 2.05) is 0 Å². The van der Waals surface area contributed by atoms with Crippen molar-refractivity contribution in [2.24, 2.45) is 0 Å². The lowest BCUT2D eigenvalue weighted by Gasteiger charge is -2.31. The highest BCUT2D eigenvalue weighted by molar-refractivity contribution is 9.10. The molecule has 1 fully saturated rings. The van der Waals surface area contributed by atoms with Crippen LogP contribution in [0, 0.1) is 5.82 Å². The third-order valence-corrected chi connectivity index (χ3v) is 6.90. The van der Waals surface area contributed by atoms with E-state index >= 15 is 0 Å². The van der Waals surface area contributed by atoms with E-state index in [-0.39, 0.29) is 23.0 Å². The van der Waals surface area contributed by atoms with E-state index in [1.165, 1.54) is 28.6 Å². The average molecular weight is 442 g/mol. The normalized spacial score (nSPS) is 16.5. The lowest BCUT2D eigenvalue weighted by Crippen LogP contribution is -3.15. The van der Waals surface area contributed by atoms with Crippen molar-refractivity contribution in [3.8, 4) is 0 Å². The van der Waals surface area contributed by atoms with Crippen LogP contribution in [0.2, 0.25) is 0 Å². The van der Waals surface area contributed by atoms with Crippen LogP contribution in [0.5, 0.6) is 0 Å². The van der Waals surface area contributed by atoms with Crippen molar-refractivity contribution in [1.29, 1.82) is 0 Å². The Labute approximate surface area is 160 Å². The van der Waals surface area contributed by atoms with Gasteiger partial charge in [-0.3, -0.25) is 4.79 Å². The number of rotatable bonds is 5. The Balaban J connectivity index is 1.59. The van der Waals surface area contributed by atoms with Crippen LogP contribution in [0.15, 0.2) is 57.9 Å².